The van der Waals surface area contributed by atoms with Gasteiger partial charge >= 0.3 is 0 Å². The van der Waals surface area contributed by atoms with Gasteiger partial charge in [0.2, 0.25) is 0 Å². The molecule has 0 bridgehead atoms. The zero-order valence-corrected chi connectivity index (χ0v) is 16.4. The zero-order valence-electron chi connectivity index (χ0n) is 16.4. The van der Waals surface area contributed by atoms with Crippen LogP contribution in [0.3, 0.4) is 0 Å². The molecule has 0 aromatic heterocycles. The van der Waals surface area contributed by atoms with Gasteiger partial charge in [0.05, 0.1) is 11.6 Å². The van der Waals surface area contributed by atoms with Crippen LogP contribution < -0.4 is 11.1 Å². The van der Waals surface area contributed by atoms with Gasteiger partial charge in [0, 0.05) is 12.1 Å². The van der Waals surface area contributed by atoms with Gasteiger partial charge < -0.3 is 11.1 Å². The molecule has 0 heterocycles. The number of carbonyl (C=O) groups excluding carboxylic acids is 1. The number of halogens is 2. The molecule has 3 rings (SSSR count). The van der Waals surface area contributed by atoms with Crippen LogP contribution in [0.2, 0.25) is 0 Å². The van der Waals surface area contributed by atoms with Crippen molar-refractivity contribution >= 4 is 11.5 Å². The molecule has 2 unspecified atom stereocenters. The van der Waals surface area contributed by atoms with Crippen LogP contribution in [-0.4, -0.2) is 19.0 Å². The van der Waals surface area contributed by atoms with E-state index in [1.165, 1.54) is 6.07 Å². The van der Waals surface area contributed by atoms with E-state index >= 15 is 0 Å². The highest BCUT2D eigenvalue weighted by Crippen LogP contribution is 2.30. The number of nitriles is 1. The van der Waals surface area contributed by atoms with Gasteiger partial charge in [-0.1, -0.05) is 30.4 Å². The van der Waals surface area contributed by atoms with E-state index < -0.39 is 17.5 Å². The molecule has 0 fully saturated rings. The molecular formula is C24H23F2N3O. The number of amides is 1. The van der Waals surface area contributed by atoms with Crippen molar-refractivity contribution < 1.29 is 13.6 Å². The Morgan fingerprint density at radius 1 is 1.23 bits per heavy atom. The van der Waals surface area contributed by atoms with Gasteiger partial charge in [0.15, 0.2) is 11.6 Å². The normalized spacial score (nSPS) is 16.5. The smallest absolute Gasteiger partial charge is 0.251 e. The summed E-state index contributed by atoms with van der Waals surface area (Å²) < 4.78 is 26.4. The van der Waals surface area contributed by atoms with E-state index in [4.69, 9.17) is 11.0 Å². The summed E-state index contributed by atoms with van der Waals surface area (Å²) >= 11 is 0. The number of nitrogens with one attached hydrogen (secondary N) is 1. The maximum atomic E-state index is 13.4. The highest BCUT2D eigenvalue weighted by atomic mass is 19.2. The second-order valence-electron chi connectivity index (χ2n) is 7.29. The summed E-state index contributed by atoms with van der Waals surface area (Å²) in [5.74, 6) is -2.16. The van der Waals surface area contributed by atoms with Gasteiger partial charge in [-0.3, -0.25) is 4.79 Å². The van der Waals surface area contributed by atoms with Crippen LogP contribution >= 0.6 is 0 Å². The van der Waals surface area contributed by atoms with Crippen molar-refractivity contribution in [2.45, 2.75) is 12.8 Å². The number of benzene rings is 2. The number of nitrogens with zero attached hydrogens (tertiary/aromatic N) is 1. The Kier molecular flexibility index (Phi) is 7.10. The Morgan fingerprint density at radius 3 is 2.73 bits per heavy atom. The minimum Gasteiger partial charge on any atom is -0.352 e. The molecule has 2 aromatic rings. The first kappa shape index (κ1) is 21.4. The van der Waals surface area contributed by atoms with Crippen LogP contribution in [0.1, 0.15) is 34.3 Å². The fourth-order valence-corrected chi connectivity index (χ4v) is 3.61. The summed E-state index contributed by atoms with van der Waals surface area (Å²) in [5, 5.41) is 11.9. The second kappa shape index (κ2) is 9.95. The van der Waals surface area contributed by atoms with Crippen LogP contribution in [-0.2, 0) is 0 Å². The van der Waals surface area contributed by atoms with Crippen molar-refractivity contribution in [2.75, 3.05) is 13.1 Å². The summed E-state index contributed by atoms with van der Waals surface area (Å²) in [7, 11) is 0. The standard InChI is InChI=1S/C24H23F2N3O/c25-22-9-8-20(13-23(22)26)24(30)29-15-21(10-11-27)18-6-4-17(5-7-18)19-3-1-2-16(12-19)14-28/h1-6,8-9,12-13,18,21H,7,10-11,15,27H2,(H,29,30). The lowest BCUT2D eigenvalue weighted by molar-refractivity contribution is 0.0942. The average Bonchev–Trinajstić information content (AvgIpc) is 2.78. The predicted molar refractivity (Wildman–Crippen MR) is 112 cm³/mol. The Balaban J connectivity index is 1.63. The molecule has 0 spiro atoms. The lowest BCUT2D eigenvalue weighted by atomic mass is 9.82. The van der Waals surface area contributed by atoms with Crippen molar-refractivity contribution in [3.05, 3.63) is 89.0 Å². The van der Waals surface area contributed by atoms with Gasteiger partial charge in [-0.05, 0) is 72.7 Å². The molecule has 1 amide bonds. The Morgan fingerprint density at radius 2 is 2.07 bits per heavy atom. The summed E-state index contributed by atoms with van der Waals surface area (Å²) in [4.78, 5) is 12.3. The van der Waals surface area contributed by atoms with Gasteiger partial charge in [-0.15, -0.1) is 0 Å². The van der Waals surface area contributed by atoms with E-state index in [2.05, 4.69) is 23.5 Å². The third kappa shape index (κ3) is 5.19. The van der Waals surface area contributed by atoms with Crippen molar-refractivity contribution in [1.82, 2.24) is 5.32 Å². The number of nitrogens with two attached hydrogens (primary N) is 1. The molecule has 30 heavy (non-hydrogen) atoms. The number of rotatable bonds is 7. The Bertz CT molecular complexity index is 1020. The molecule has 2 aromatic carbocycles. The highest BCUT2D eigenvalue weighted by molar-refractivity contribution is 5.94. The number of carbonyl (C=O) groups is 1. The molecule has 3 N–H and O–H groups in total. The predicted octanol–water partition coefficient (Wildman–Crippen LogP) is 4.19. The quantitative estimate of drug-likeness (QED) is 0.722. The Hall–Kier alpha value is -3.30. The molecule has 1 aliphatic carbocycles. The minimum absolute atomic E-state index is 0.0825. The van der Waals surface area contributed by atoms with E-state index in [0.29, 0.717) is 18.7 Å². The second-order valence-corrected chi connectivity index (χ2v) is 7.29. The summed E-state index contributed by atoms with van der Waals surface area (Å²) in [5.41, 5.74) is 8.51. The minimum atomic E-state index is -1.05. The molecule has 6 heteroatoms. The molecule has 0 aliphatic heterocycles. The monoisotopic (exact) mass is 407 g/mol. The molecule has 0 radical (unpaired) electrons. The van der Waals surface area contributed by atoms with E-state index in [1.54, 1.807) is 6.07 Å². The van der Waals surface area contributed by atoms with Gasteiger partial charge in [0.25, 0.3) is 5.91 Å². The summed E-state index contributed by atoms with van der Waals surface area (Å²) in [6, 6.07) is 12.7. The third-order valence-electron chi connectivity index (χ3n) is 5.31. The van der Waals surface area contributed by atoms with Crippen molar-refractivity contribution in [2.24, 2.45) is 17.6 Å². The SMILES string of the molecule is N#Cc1cccc(C2=CCC(C(CCN)CNC(=O)c3ccc(F)c(F)c3)C=C2)c1. The lowest BCUT2D eigenvalue weighted by Gasteiger charge is -2.26. The Labute approximate surface area is 174 Å². The molecule has 0 saturated heterocycles. The summed E-state index contributed by atoms with van der Waals surface area (Å²) in [6.45, 7) is 0.869. The van der Waals surface area contributed by atoms with E-state index in [0.717, 1.165) is 36.1 Å². The number of allylic oxidation sites excluding steroid dienone is 4. The van der Waals surface area contributed by atoms with Crippen LogP contribution in [0.5, 0.6) is 0 Å². The third-order valence-corrected chi connectivity index (χ3v) is 5.31. The summed E-state index contributed by atoms with van der Waals surface area (Å²) in [6.07, 6.45) is 7.78. The van der Waals surface area contributed by atoms with E-state index in [-0.39, 0.29) is 17.4 Å². The number of hydrogen-bond donors (Lipinski definition) is 2. The van der Waals surface area contributed by atoms with Gasteiger partial charge in [-0.2, -0.15) is 5.26 Å². The maximum Gasteiger partial charge on any atom is 0.251 e. The van der Waals surface area contributed by atoms with E-state index in [9.17, 15) is 13.6 Å². The molecule has 154 valence electrons. The van der Waals surface area contributed by atoms with E-state index in [1.807, 2.05) is 24.3 Å². The van der Waals surface area contributed by atoms with Crippen molar-refractivity contribution in [1.29, 1.82) is 5.26 Å². The number of hydrogen-bond acceptors (Lipinski definition) is 3. The first-order valence-corrected chi connectivity index (χ1v) is 9.84. The molecule has 0 saturated carbocycles. The van der Waals surface area contributed by atoms with Crippen LogP contribution in [0.4, 0.5) is 8.78 Å². The molecule has 1 aliphatic rings. The molecular weight excluding hydrogens is 384 g/mol. The molecule has 4 nitrogen and oxygen atoms in total. The highest BCUT2D eigenvalue weighted by Gasteiger charge is 2.21. The molecule has 2 atom stereocenters. The lowest BCUT2D eigenvalue weighted by Crippen LogP contribution is -2.33. The van der Waals surface area contributed by atoms with Crippen LogP contribution in [0.15, 0.2) is 60.7 Å². The zero-order chi connectivity index (χ0) is 21.5. The first-order chi connectivity index (χ1) is 14.5. The van der Waals surface area contributed by atoms with Crippen LogP contribution in [0, 0.1) is 34.8 Å². The fourth-order valence-electron chi connectivity index (χ4n) is 3.61. The fraction of sp³-hybridized carbons (Fsp3) is 0.250. The van der Waals surface area contributed by atoms with Gasteiger partial charge in [-0.25, -0.2) is 8.78 Å². The van der Waals surface area contributed by atoms with Crippen molar-refractivity contribution in [3.63, 3.8) is 0 Å². The average molecular weight is 407 g/mol. The topological polar surface area (TPSA) is 78.9 Å². The van der Waals surface area contributed by atoms with Gasteiger partial charge in [0.1, 0.15) is 0 Å². The van der Waals surface area contributed by atoms with Crippen molar-refractivity contribution in [3.8, 4) is 6.07 Å². The largest absolute Gasteiger partial charge is 0.352 e. The van der Waals surface area contributed by atoms with Crippen LogP contribution in [0.25, 0.3) is 5.57 Å². The maximum absolute atomic E-state index is 13.4. The first-order valence-electron chi connectivity index (χ1n) is 9.84.